The predicted octanol–water partition coefficient (Wildman–Crippen LogP) is 2.84. The third kappa shape index (κ3) is 5.16. The van der Waals surface area contributed by atoms with E-state index in [9.17, 15) is 4.79 Å². The summed E-state index contributed by atoms with van der Waals surface area (Å²) >= 11 is 0. The van der Waals surface area contributed by atoms with Gasteiger partial charge in [0.25, 0.3) is 5.91 Å². The minimum absolute atomic E-state index is 0.0971. The Hall–Kier alpha value is -3.21. The Bertz CT molecular complexity index is 930. The molecule has 2 aromatic rings. The smallest absolute Gasteiger partial charge is 0.253 e. The molecule has 0 spiro atoms. The molecule has 1 aliphatic rings. The van der Waals surface area contributed by atoms with Gasteiger partial charge in [-0.3, -0.25) is 4.79 Å². The molecule has 0 saturated carbocycles. The van der Waals surface area contributed by atoms with Crippen LogP contribution in [0.4, 0.5) is 5.69 Å². The standard InChI is InChI=1S/C24H25N3O/c1-26(2)23-15-17-27(18-16-23)24(28)21-11-7-19(8-12-21)5-3-4-6-20-9-13-22(25)14-10-20/h7-14,23H,15-18,25H2,1-2H3. The minimum Gasteiger partial charge on any atom is -0.399 e. The Labute approximate surface area is 167 Å². The van der Waals surface area contributed by atoms with Crippen molar-refractivity contribution in [1.82, 2.24) is 9.80 Å². The van der Waals surface area contributed by atoms with Crippen molar-refractivity contribution in [2.75, 3.05) is 32.9 Å². The molecule has 0 aromatic heterocycles. The van der Waals surface area contributed by atoms with Crippen LogP contribution in [0.1, 0.15) is 34.3 Å². The Morgan fingerprint density at radius 2 is 1.43 bits per heavy atom. The van der Waals surface area contributed by atoms with E-state index in [2.05, 4.69) is 42.7 Å². The van der Waals surface area contributed by atoms with Crippen molar-refractivity contribution < 1.29 is 4.79 Å². The maximum absolute atomic E-state index is 12.7. The molecule has 1 heterocycles. The van der Waals surface area contributed by atoms with Crippen LogP contribution in [0.2, 0.25) is 0 Å². The molecule has 1 aliphatic heterocycles. The number of piperidine rings is 1. The number of nitrogen functional groups attached to an aromatic ring is 1. The van der Waals surface area contributed by atoms with E-state index in [1.807, 2.05) is 53.4 Å². The summed E-state index contributed by atoms with van der Waals surface area (Å²) in [4.78, 5) is 16.9. The van der Waals surface area contributed by atoms with Crippen LogP contribution in [0, 0.1) is 23.7 Å². The topological polar surface area (TPSA) is 49.6 Å². The zero-order valence-corrected chi connectivity index (χ0v) is 16.4. The first-order valence-corrected chi connectivity index (χ1v) is 9.46. The highest BCUT2D eigenvalue weighted by atomic mass is 16.2. The number of carbonyl (C=O) groups is 1. The van der Waals surface area contributed by atoms with E-state index in [-0.39, 0.29) is 5.91 Å². The van der Waals surface area contributed by atoms with E-state index in [0.717, 1.165) is 37.1 Å². The second-order valence-electron chi connectivity index (χ2n) is 7.19. The van der Waals surface area contributed by atoms with Crippen molar-refractivity contribution in [3.63, 3.8) is 0 Å². The molecular weight excluding hydrogens is 346 g/mol. The largest absolute Gasteiger partial charge is 0.399 e. The Morgan fingerprint density at radius 1 is 0.929 bits per heavy atom. The summed E-state index contributed by atoms with van der Waals surface area (Å²) in [5, 5.41) is 0. The van der Waals surface area contributed by atoms with Crippen LogP contribution in [0.25, 0.3) is 0 Å². The summed E-state index contributed by atoms with van der Waals surface area (Å²) in [6.45, 7) is 1.62. The zero-order chi connectivity index (χ0) is 19.9. The van der Waals surface area contributed by atoms with Crippen molar-refractivity contribution in [2.45, 2.75) is 18.9 Å². The highest BCUT2D eigenvalue weighted by Crippen LogP contribution is 2.17. The van der Waals surface area contributed by atoms with Gasteiger partial charge >= 0.3 is 0 Å². The fourth-order valence-corrected chi connectivity index (χ4v) is 3.24. The predicted molar refractivity (Wildman–Crippen MR) is 114 cm³/mol. The second kappa shape index (κ2) is 9.13. The first-order chi connectivity index (χ1) is 13.5. The summed E-state index contributed by atoms with van der Waals surface area (Å²) in [6.07, 6.45) is 2.05. The highest BCUT2D eigenvalue weighted by Gasteiger charge is 2.24. The number of nitrogens with zero attached hydrogens (tertiary/aromatic N) is 2. The van der Waals surface area contributed by atoms with E-state index < -0.39 is 0 Å². The Morgan fingerprint density at radius 3 is 1.93 bits per heavy atom. The number of hydrogen-bond acceptors (Lipinski definition) is 3. The molecule has 0 atom stereocenters. The molecule has 0 bridgehead atoms. The number of anilines is 1. The van der Waals surface area contributed by atoms with Gasteiger partial charge in [0, 0.05) is 41.5 Å². The molecule has 28 heavy (non-hydrogen) atoms. The van der Waals surface area contributed by atoms with Gasteiger partial charge in [-0.05, 0) is 87.3 Å². The molecule has 4 nitrogen and oxygen atoms in total. The number of amides is 1. The van der Waals surface area contributed by atoms with Gasteiger partial charge in [0.15, 0.2) is 0 Å². The molecule has 1 saturated heterocycles. The summed E-state index contributed by atoms with van der Waals surface area (Å²) in [7, 11) is 4.20. The van der Waals surface area contributed by atoms with Gasteiger partial charge in [0.2, 0.25) is 0 Å². The van der Waals surface area contributed by atoms with Crippen LogP contribution in [0.3, 0.4) is 0 Å². The fourth-order valence-electron chi connectivity index (χ4n) is 3.24. The second-order valence-corrected chi connectivity index (χ2v) is 7.19. The maximum atomic E-state index is 12.7. The lowest BCUT2D eigenvalue weighted by Gasteiger charge is -2.35. The summed E-state index contributed by atoms with van der Waals surface area (Å²) in [6, 6.07) is 15.4. The van der Waals surface area contributed by atoms with Crippen LogP contribution < -0.4 is 5.73 Å². The normalized spacial score (nSPS) is 14.0. The van der Waals surface area contributed by atoms with Crippen molar-refractivity contribution in [2.24, 2.45) is 0 Å². The Balaban J connectivity index is 1.58. The van der Waals surface area contributed by atoms with E-state index >= 15 is 0 Å². The van der Waals surface area contributed by atoms with E-state index in [1.54, 1.807) is 0 Å². The number of hydrogen-bond donors (Lipinski definition) is 1. The SMILES string of the molecule is CN(C)C1CCN(C(=O)c2ccc(C#CC#Cc3ccc(N)cc3)cc2)CC1. The number of nitrogens with two attached hydrogens (primary N) is 1. The molecule has 4 heteroatoms. The molecule has 1 amide bonds. The number of carbonyl (C=O) groups excluding carboxylic acids is 1. The highest BCUT2D eigenvalue weighted by molar-refractivity contribution is 5.94. The quantitative estimate of drug-likeness (QED) is 0.652. The monoisotopic (exact) mass is 371 g/mol. The molecule has 2 N–H and O–H groups in total. The number of benzene rings is 2. The van der Waals surface area contributed by atoms with Crippen LogP contribution >= 0.6 is 0 Å². The summed E-state index contributed by atoms with van der Waals surface area (Å²) < 4.78 is 0. The Kier molecular flexibility index (Phi) is 6.37. The molecule has 2 aromatic carbocycles. The molecular formula is C24H25N3O. The number of rotatable bonds is 2. The minimum atomic E-state index is 0.0971. The van der Waals surface area contributed by atoms with Crippen LogP contribution in [0.5, 0.6) is 0 Å². The average Bonchev–Trinajstić information content (AvgIpc) is 2.72. The molecule has 0 aliphatic carbocycles. The maximum Gasteiger partial charge on any atom is 0.253 e. The molecule has 3 rings (SSSR count). The summed E-state index contributed by atoms with van der Waals surface area (Å²) in [5.41, 5.74) is 8.80. The number of likely N-dealkylation sites (tertiary alicyclic amines) is 1. The van der Waals surface area contributed by atoms with Gasteiger partial charge in [-0.1, -0.05) is 11.8 Å². The van der Waals surface area contributed by atoms with Crippen molar-refractivity contribution >= 4 is 11.6 Å². The van der Waals surface area contributed by atoms with Gasteiger partial charge < -0.3 is 15.5 Å². The third-order valence-electron chi connectivity index (χ3n) is 5.00. The van der Waals surface area contributed by atoms with Gasteiger partial charge in [-0.15, -0.1) is 0 Å². The van der Waals surface area contributed by atoms with E-state index in [0.29, 0.717) is 17.3 Å². The third-order valence-corrected chi connectivity index (χ3v) is 5.00. The molecule has 0 radical (unpaired) electrons. The van der Waals surface area contributed by atoms with Crippen LogP contribution in [0.15, 0.2) is 48.5 Å². The first kappa shape index (κ1) is 19.5. The van der Waals surface area contributed by atoms with Gasteiger partial charge in [0.05, 0.1) is 0 Å². The van der Waals surface area contributed by atoms with Crippen LogP contribution in [-0.4, -0.2) is 48.9 Å². The van der Waals surface area contributed by atoms with Gasteiger partial charge in [-0.25, -0.2) is 0 Å². The average molecular weight is 371 g/mol. The van der Waals surface area contributed by atoms with Crippen molar-refractivity contribution in [1.29, 1.82) is 0 Å². The lowest BCUT2D eigenvalue weighted by atomic mass is 10.0. The van der Waals surface area contributed by atoms with Gasteiger partial charge in [-0.2, -0.15) is 0 Å². The van der Waals surface area contributed by atoms with Crippen LogP contribution in [-0.2, 0) is 0 Å². The van der Waals surface area contributed by atoms with Gasteiger partial charge in [0.1, 0.15) is 0 Å². The molecule has 142 valence electrons. The molecule has 0 unspecified atom stereocenters. The first-order valence-electron chi connectivity index (χ1n) is 9.46. The summed E-state index contributed by atoms with van der Waals surface area (Å²) in [5.74, 6) is 11.8. The van der Waals surface area contributed by atoms with Crippen molar-refractivity contribution in [3.8, 4) is 23.7 Å². The lowest BCUT2D eigenvalue weighted by molar-refractivity contribution is 0.0663. The molecule has 1 fully saturated rings. The van der Waals surface area contributed by atoms with Crippen molar-refractivity contribution in [3.05, 3.63) is 65.2 Å². The fraction of sp³-hybridized carbons (Fsp3) is 0.292. The van der Waals surface area contributed by atoms with E-state index in [1.165, 1.54) is 0 Å². The lowest BCUT2D eigenvalue weighted by Crippen LogP contribution is -2.44. The van der Waals surface area contributed by atoms with E-state index in [4.69, 9.17) is 5.73 Å². The zero-order valence-electron chi connectivity index (χ0n) is 16.4.